The Bertz CT molecular complexity index is 660. The highest BCUT2D eigenvalue weighted by atomic mass is 16.7. The van der Waals surface area contributed by atoms with Gasteiger partial charge in [-0.2, -0.15) is 0 Å². The first-order valence-corrected chi connectivity index (χ1v) is 9.96. The third kappa shape index (κ3) is 9.33. The summed E-state index contributed by atoms with van der Waals surface area (Å²) in [6.45, 7) is 4.60. The third-order valence-corrected chi connectivity index (χ3v) is 4.38. The number of hydrogen-bond donors (Lipinski definition) is 0. The summed E-state index contributed by atoms with van der Waals surface area (Å²) < 4.78 is 31.4. The van der Waals surface area contributed by atoms with Gasteiger partial charge in [-0.3, -0.25) is 24.0 Å². The highest BCUT2D eigenvalue weighted by molar-refractivity contribution is 5.69. The molecule has 11 nitrogen and oxygen atoms in total. The molecule has 0 aromatic heterocycles. The summed E-state index contributed by atoms with van der Waals surface area (Å²) >= 11 is 0. The fourth-order valence-corrected chi connectivity index (χ4v) is 3.24. The predicted octanol–water partition coefficient (Wildman–Crippen LogP) is 1.19. The van der Waals surface area contributed by atoms with Crippen LogP contribution in [0.5, 0.6) is 0 Å². The zero-order valence-corrected chi connectivity index (χ0v) is 18.4. The largest absolute Gasteiger partial charge is 0.469 e. The van der Waals surface area contributed by atoms with Crippen LogP contribution in [0.25, 0.3) is 0 Å². The predicted molar refractivity (Wildman–Crippen MR) is 102 cm³/mol. The number of unbranched alkanes of at least 4 members (excludes halogenated alkanes) is 2. The highest BCUT2D eigenvalue weighted by Crippen LogP contribution is 2.32. The number of rotatable bonds is 10. The Morgan fingerprint density at radius 1 is 0.677 bits per heavy atom. The van der Waals surface area contributed by atoms with Crippen molar-refractivity contribution in [2.75, 3.05) is 7.11 Å². The molecule has 11 heteroatoms. The van der Waals surface area contributed by atoms with Gasteiger partial charge in [-0.05, 0) is 12.8 Å². The monoisotopic (exact) mass is 446 g/mol. The number of carbonyl (C=O) groups is 5. The fraction of sp³-hybridized carbons (Fsp3) is 0.750. The van der Waals surface area contributed by atoms with E-state index < -0.39 is 54.6 Å². The van der Waals surface area contributed by atoms with E-state index in [9.17, 15) is 24.0 Å². The van der Waals surface area contributed by atoms with Gasteiger partial charge < -0.3 is 28.4 Å². The lowest BCUT2D eigenvalue weighted by atomic mass is 9.94. The average Bonchev–Trinajstić information content (AvgIpc) is 2.65. The maximum Gasteiger partial charge on any atom is 0.305 e. The zero-order valence-electron chi connectivity index (χ0n) is 18.4. The Kier molecular flexibility index (Phi) is 10.9. The molecule has 5 atom stereocenters. The average molecular weight is 446 g/mol. The van der Waals surface area contributed by atoms with Crippen molar-refractivity contribution in [1.29, 1.82) is 0 Å². The van der Waals surface area contributed by atoms with E-state index in [1.807, 2.05) is 0 Å². The Morgan fingerprint density at radius 2 is 1.19 bits per heavy atom. The molecule has 0 N–H and O–H groups in total. The molecule has 1 saturated heterocycles. The van der Waals surface area contributed by atoms with Crippen molar-refractivity contribution in [3.63, 3.8) is 0 Å². The van der Waals surface area contributed by atoms with Gasteiger partial charge >= 0.3 is 29.8 Å². The first kappa shape index (κ1) is 26.3. The Hall–Kier alpha value is -2.69. The molecule has 0 saturated carbocycles. The maximum atomic E-state index is 11.7. The molecule has 1 aliphatic heterocycles. The van der Waals surface area contributed by atoms with E-state index in [0.29, 0.717) is 25.7 Å². The molecule has 0 aromatic rings. The second-order valence-corrected chi connectivity index (χ2v) is 7.05. The van der Waals surface area contributed by atoms with Gasteiger partial charge in [0.25, 0.3) is 0 Å². The first-order valence-electron chi connectivity index (χ1n) is 9.96. The Balaban J connectivity index is 3.06. The van der Waals surface area contributed by atoms with Crippen molar-refractivity contribution in [2.45, 2.75) is 90.5 Å². The lowest BCUT2D eigenvalue weighted by molar-refractivity contribution is -0.296. The van der Waals surface area contributed by atoms with Crippen LogP contribution in [0.1, 0.15) is 59.8 Å². The molecule has 0 unspecified atom stereocenters. The molecule has 1 fully saturated rings. The zero-order chi connectivity index (χ0) is 23.6. The van der Waals surface area contributed by atoms with Crippen molar-refractivity contribution in [2.24, 2.45) is 0 Å². The van der Waals surface area contributed by atoms with Crippen LogP contribution in [0, 0.1) is 0 Å². The van der Waals surface area contributed by atoms with Crippen LogP contribution >= 0.6 is 0 Å². The molecule has 0 radical (unpaired) electrons. The molecule has 0 amide bonds. The van der Waals surface area contributed by atoms with E-state index in [1.165, 1.54) is 14.0 Å². The molecule has 1 aliphatic rings. The lowest BCUT2D eigenvalue weighted by Gasteiger charge is -2.44. The molecule has 1 rings (SSSR count). The van der Waals surface area contributed by atoms with E-state index in [1.54, 1.807) is 0 Å². The van der Waals surface area contributed by atoms with Crippen molar-refractivity contribution in [3.8, 4) is 0 Å². The molecule has 0 bridgehead atoms. The number of ether oxygens (including phenoxy) is 6. The number of carbonyl (C=O) groups excluding carboxylic acids is 5. The van der Waals surface area contributed by atoms with Crippen molar-refractivity contribution in [1.82, 2.24) is 0 Å². The van der Waals surface area contributed by atoms with Crippen LogP contribution < -0.4 is 0 Å². The second-order valence-electron chi connectivity index (χ2n) is 7.05. The maximum absolute atomic E-state index is 11.7. The van der Waals surface area contributed by atoms with Gasteiger partial charge in [0.1, 0.15) is 6.10 Å². The smallest absolute Gasteiger partial charge is 0.305 e. The molecular formula is C20H30O11. The van der Waals surface area contributed by atoms with Gasteiger partial charge in [-0.15, -0.1) is 0 Å². The number of hydrogen-bond acceptors (Lipinski definition) is 11. The Labute approximate surface area is 180 Å². The van der Waals surface area contributed by atoms with Crippen LogP contribution in [-0.4, -0.2) is 67.7 Å². The first-order chi connectivity index (χ1) is 14.5. The fourth-order valence-electron chi connectivity index (χ4n) is 3.24. The van der Waals surface area contributed by atoms with Gasteiger partial charge in [0, 0.05) is 34.1 Å². The SMILES string of the molecule is COC(=O)CCCCC[C@@H]1O[C@@H](OC(C)=O)[C@@H](OC(C)=O)[C@H](OC(C)=O)[C@@H]1OC(C)=O. The summed E-state index contributed by atoms with van der Waals surface area (Å²) in [6, 6.07) is 0. The summed E-state index contributed by atoms with van der Waals surface area (Å²) in [5, 5.41) is 0. The van der Waals surface area contributed by atoms with Crippen LogP contribution in [0.15, 0.2) is 0 Å². The highest BCUT2D eigenvalue weighted by Gasteiger charge is 2.52. The molecule has 176 valence electrons. The van der Waals surface area contributed by atoms with Gasteiger partial charge in [-0.25, -0.2) is 0 Å². The molecule has 31 heavy (non-hydrogen) atoms. The molecule has 0 aliphatic carbocycles. The van der Waals surface area contributed by atoms with Crippen LogP contribution in [0.2, 0.25) is 0 Å². The Morgan fingerprint density at radius 3 is 1.71 bits per heavy atom. The topological polar surface area (TPSA) is 141 Å². The molecule has 1 heterocycles. The number of esters is 5. The standard InChI is InChI=1S/C20H30O11/c1-11(21)27-17-15(9-7-6-8-10-16(25)26-5)31-20(30-14(4)24)19(29-13(3)23)18(17)28-12(2)22/h15,17-20H,6-10H2,1-5H3/t15-,17+,18+,19-,20+/m0/s1. The van der Waals surface area contributed by atoms with E-state index in [2.05, 4.69) is 4.74 Å². The van der Waals surface area contributed by atoms with E-state index >= 15 is 0 Å². The number of methoxy groups -OCH3 is 1. The minimum Gasteiger partial charge on any atom is -0.469 e. The minimum atomic E-state index is -1.36. The molecule has 0 aromatic carbocycles. The van der Waals surface area contributed by atoms with Gasteiger partial charge in [0.15, 0.2) is 12.2 Å². The van der Waals surface area contributed by atoms with E-state index in [4.69, 9.17) is 23.7 Å². The van der Waals surface area contributed by atoms with Crippen molar-refractivity contribution < 1.29 is 52.4 Å². The minimum absolute atomic E-state index is 0.260. The van der Waals surface area contributed by atoms with Crippen LogP contribution in [0.4, 0.5) is 0 Å². The summed E-state index contributed by atoms with van der Waals surface area (Å²) in [5.41, 5.74) is 0. The van der Waals surface area contributed by atoms with Crippen molar-refractivity contribution >= 4 is 29.8 Å². The summed E-state index contributed by atoms with van der Waals surface area (Å²) in [7, 11) is 1.31. The van der Waals surface area contributed by atoms with Gasteiger partial charge in [0.05, 0.1) is 7.11 Å². The third-order valence-electron chi connectivity index (χ3n) is 4.38. The summed E-state index contributed by atoms with van der Waals surface area (Å²) in [5.74, 6) is -3.12. The summed E-state index contributed by atoms with van der Waals surface area (Å²) in [6.07, 6.45) is -3.47. The van der Waals surface area contributed by atoms with Gasteiger partial charge in [0.2, 0.25) is 12.4 Å². The molecule has 0 spiro atoms. The van der Waals surface area contributed by atoms with Crippen molar-refractivity contribution in [3.05, 3.63) is 0 Å². The normalized spacial score (nSPS) is 25.1. The van der Waals surface area contributed by atoms with Crippen LogP contribution in [0.3, 0.4) is 0 Å². The van der Waals surface area contributed by atoms with E-state index in [0.717, 1.165) is 20.8 Å². The molecular weight excluding hydrogens is 416 g/mol. The second kappa shape index (κ2) is 12.9. The van der Waals surface area contributed by atoms with Gasteiger partial charge in [-0.1, -0.05) is 12.8 Å². The quantitative estimate of drug-likeness (QED) is 0.271. The summed E-state index contributed by atoms with van der Waals surface area (Å²) in [4.78, 5) is 57.8. The van der Waals surface area contributed by atoms with Crippen LogP contribution in [-0.2, 0) is 52.4 Å². The van der Waals surface area contributed by atoms with E-state index in [-0.39, 0.29) is 12.4 Å². The lowest BCUT2D eigenvalue weighted by Crippen LogP contribution is -2.62.